The molecule has 0 spiro atoms. The second-order valence-electron chi connectivity index (χ2n) is 5.41. The second kappa shape index (κ2) is 4.91. The number of nitrogens with zero attached hydrogens (tertiary/aromatic N) is 1. The number of rotatable bonds is 3. The molecule has 21 heavy (non-hydrogen) atoms. The number of hydrogen-bond donors (Lipinski definition) is 0. The van der Waals surface area contributed by atoms with Gasteiger partial charge < -0.3 is 14.4 Å². The van der Waals surface area contributed by atoms with E-state index in [2.05, 4.69) is 0 Å². The summed E-state index contributed by atoms with van der Waals surface area (Å²) in [4.78, 5) is 13.9. The van der Waals surface area contributed by atoms with Crippen LogP contribution in [0.2, 0.25) is 0 Å². The number of amides is 1. The smallest absolute Gasteiger partial charge is 0.227 e. The summed E-state index contributed by atoms with van der Waals surface area (Å²) in [5, 5.41) is 0. The minimum absolute atomic E-state index is 0.0176. The van der Waals surface area contributed by atoms with Crippen LogP contribution in [0.1, 0.15) is 6.42 Å². The van der Waals surface area contributed by atoms with Gasteiger partial charge in [0.15, 0.2) is 9.84 Å². The van der Waals surface area contributed by atoms with Gasteiger partial charge in [-0.3, -0.25) is 4.79 Å². The van der Waals surface area contributed by atoms with Crippen LogP contribution >= 0.6 is 0 Å². The summed E-state index contributed by atoms with van der Waals surface area (Å²) in [5.41, 5.74) is 0.575. The lowest BCUT2D eigenvalue weighted by atomic mass is 10.0. The van der Waals surface area contributed by atoms with E-state index in [1.54, 1.807) is 30.2 Å². The summed E-state index contributed by atoms with van der Waals surface area (Å²) < 4.78 is 34.1. The Morgan fingerprint density at radius 2 is 1.95 bits per heavy atom. The van der Waals surface area contributed by atoms with Crippen molar-refractivity contribution in [1.82, 2.24) is 0 Å². The Kier molecular flexibility index (Phi) is 3.32. The van der Waals surface area contributed by atoms with Crippen LogP contribution in [0.15, 0.2) is 18.2 Å². The van der Waals surface area contributed by atoms with Gasteiger partial charge in [-0.05, 0) is 12.1 Å². The fraction of sp³-hybridized carbons (Fsp3) is 0.500. The molecule has 7 heteroatoms. The molecule has 2 fully saturated rings. The van der Waals surface area contributed by atoms with Crippen molar-refractivity contribution in [2.45, 2.75) is 12.5 Å². The number of fused-ring (bicyclic) bond motifs is 1. The van der Waals surface area contributed by atoms with Crippen LogP contribution in [-0.4, -0.2) is 46.1 Å². The third-order valence-corrected chi connectivity index (χ3v) is 5.90. The average Bonchev–Trinajstić information content (AvgIpc) is 2.88. The highest BCUT2D eigenvalue weighted by atomic mass is 32.2. The molecular formula is C14H17NO5S. The zero-order valence-corrected chi connectivity index (χ0v) is 12.7. The van der Waals surface area contributed by atoms with E-state index in [1.165, 1.54) is 7.11 Å². The number of sulfone groups is 1. The van der Waals surface area contributed by atoms with Crippen LogP contribution in [0.3, 0.4) is 0 Å². The third kappa shape index (κ3) is 2.35. The molecular weight excluding hydrogens is 294 g/mol. The van der Waals surface area contributed by atoms with E-state index in [9.17, 15) is 13.2 Å². The zero-order valence-electron chi connectivity index (χ0n) is 11.9. The van der Waals surface area contributed by atoms with Gasteiger partial charge in [-0.15, -0.1) is 0 Å². The minimum Gasteiger partial charge on any atom is -0.497 e. The molecule has 2 aliphatic heterocycles. The van der Waals surface area contributed by atoms with Crippen LogP contribution in [-0.2, 0) is 14.6 Å². The normalized spacial score (nSPS) is 26.8. The Morgan fingerprint density at radius 3 is 2.62 bits per heavy atom. The van der Waals surface area contributed by atoms with E-state index < -0.39 is 9.84 Å². The first-order valence-electron chi connectivity index (χ1n) is 6.69. The van der Waals surface area contributed by atoms with E-state index in [1.807, 2.05) is 0 Å². The SMILES string of the molecule is COc1ccc(OC)c(N2C(=O)C[C@H]3CS(=O)(=O)C[C@@H]32)c1. The van der Waals surface area contributed by atoms with Crippen LogP contribution in [0.5, 0.6) is 11.5 Å². The minimum atomic E-state index is -3.07. The molecule has 2 saturated heterocycles. The molecule has 114 valence electrons. The lowest BCUT2D eigenvalue weighted by molar-refractivity contribution is -0.117. The monoisotopic (exact) mass is 311 g/mol. The largest absolute Gasteiger partial charge is 0.497 e. The fourth-order valence-corrected chi connectivity index (χ4v) is 5.26. The number of ether oxygens (including phenoxy) is 2. The molecule has 1 aromatic carbocycles. The predicted octanol–water partition coefficient (Wildman–Crippen LogP) is 0.854. The molecule has 0 radical (unpaired) electrons. The fourth-order valence-electron chi connectivity index (χ4n) is 3.19. The Morgan fingerprint density at radius 1 is 1.19 bits per heavy atom. The van der Waals surface area contributed by atoms with Crippen molar-refractivity contribution in [2.24, 2.45) is 5.92 Å². The first-order chi connectivity index (χ1) is 9.95. The van der Waals surface area contributed by atoms with Crippen LogP contribution in [0, 0.1) is 5.92 Å². The molecule has 2 heterocycles. The Balaban J connectivity index is 2.04. The number of methoxy groups -OCH3 is 2. The zero-order chi connectivity index (χ0) is 15.2. The van der Waals surface area contributed by atoms with E-state index in [4.69, 9.17) is 9.47 Å². The van der Waals surface area contributed by atoms with E-state index in [0.717, 1.165) is 0 Å². The summed E-state index contributed by atoms with van der Waals surface area (Å²) in [6.07, 6.45) is 0.268. The summed E-state index contributed by atoms with van der Waals surface area (Å²) in [7, 11) is -0.00662. The lowest BCUT2D eigenvalue weighted by Gasteiger charge is -2.25. The van der Waals surface area contributed by atoms with Gasteiger partial charge in [0.25, 0.3) is 0 Å². The number of anilines is 1. The molecule has 0 N–H and O–H groups in total. The first kappa shape index (κ1) is 14.2. The first-order valence-corrected chi connectivity index (χ1v) is 8.52. The summed E-state index contributed by atoms with van der Waals surface area (Å²) in [6, 6.07) is 4.87. The van der Waals surface area contributed by atoms with E-state index in [-0.39, 0.29) is 35.8 Å². The van der Waals surface area contributed by atoms with Crippen LogP contribution in [0.25, 0.3) is 0 Å². The van der Waals surface area contributed by atoms with Crippen LogP contribution in [0.4, 0.5) is 5.69 Å². The van der Waals surface area contributed by atoms with Gasteiger partial charge in [-0.1, -0.05) is 0 Å². The third-order valence-electron chi connectivity index (χ3n) is 4.12. The predicted molar refractivity (Wildman–Crippen MR) is 77.6 cm³/mol. The molecule has 1 amide bonds. The van der Waals surface area contributed by atoms with Crippen molar-refractivity contribution in [2.75, 3.05) is 30.6 Å². The highest BCUT2D eigenvalue weighted by molar-refractivity contribution is 7.91. The van der Waals surface area contributed by atoms with Crippen molar-refractivity contribution >= 4 is 21.4 Å². The van der Waals surface area contributed by atoms with Gasteiger partial charge in [0.05, 0.1) is 37.5 Å². The van der Waals surface area contributed by atoms with Gasteiger partial charge >= 0.3 is 0 Å². The number of carbonyl (C=O) groups is 1. The van der Waals surface area contributed by atoms with Gasteiger partial charge in [-0.25, -0.2) is 8.42 Å². The summed E-state index contributed by atoms with van der Waals surface area (Å²) >= 11 is 0. The van der Waals surface area contributed by atoms with Crippen LogP contribution < -0.4 is 14.4 Å². The quantitative estimate of drug-likeness (QED) is 0.827. The van der Waals surface area contributed by atoms with Crippen molar-refractivity contribution in [1.29, 1.82) is 0 Å². The Hall–Kier alpha value is -1.76. The van der Waals surface area contributed by atoms with E-state index >= 15 is 0 Å². The number of benzene rings is 1. The van der Waals surface area contributed by atoms with Gasteiger partial charge in [0.2, 0.25) is 5.91 Å². The lowest BCUT2D eigenvalue weighted by Crippen LogP contribution is -2.36. The number of hydrogen-bond acceptors (Lipinski definition) is 5. The second-order valence-corrected chi connectivity index (χ2v) is 7.56. The Bertz CT molecular complexity index is 685. The Labute approximate surface area is 123 Å². The van der Waals surface area contributed by atoms with Crippen molar-refractivity contribution < 1.29 is 22.7 Å². The molecule has 0 aromatic heterocycles. The maximum Gasteiger partial charge on any atom is 0.227 e. The highest BCUT2D eigenvalue weighted by Gasteiger charge is 2.49. The van der Waals surface area contributed by atoms with Gasteiger partial charge in [0.1, 0.15) is 11.5 Å². The number of carbonyl (C=O) groups excluding carboxylic acids is 1. The molecule has 0 unspecified atom stereocenters. The molecule has 0 bridgehead atoms. The van der Waals surface area contributed by atoms with Crippen molar-refractivity contribution in [3.05, 3.63) is 18.2 Å². The van der Waals surface area contributed by atoms with E-state index in [0.29, 0.717) is 17.2 Å². The average molecular weight is 311 g/mol. The maximum atomic E-state index is 12.3. The molecule has 1 aromatic rings. The summed E-state index contributed by atoms with van der Waals surface area (Å²) in [6.45, 7) is 0. The molecule has 3 rings (SSSR count). The maximum absolute atomic E-state index is 12.3. The molecule has 2 aliphatic rings. The molecule has 2 atom stereocenters. The highest BCUT2D eigenvalue weighted by Crippen LogP contribution is 2.42. The van der Waals surface area contributed by atoms with Gasteiger partial charge in [0, 0.05) is 18.4 Å². The molecule has 0 saturated carbocycles. The van der Waals surface area contributed by atoms with Crippen molar-refractivity contribution in [3.8, 4) is 11.5 Å². The van der Waals surface area contributed by atoms with Crippen molar-refractivity contribution in [3.63, 3.8) is 0 Å². The topological polar surface area (TPSA) is 72.9 Å². The molecule has 6 nitrogen and oxygen atoms in total. The van der Waals surface area contributed by atoms with Gasteiger partial charge in [-0.2, -0.15) is 0 Å². The standard InChI is InChI=1S/C14H17NO5S/c1-19-10-3-4-13(20-2)11(6-10)15-12-8-21(17,18)7-9(12)5-14(15)16/h3-4,6,9,12H,5,7-8H2,1-2H3/t9-,12-/m0/s1. The summed E-state index contributed by atoms with van der Waals surface area (Å²) in [5.74, 6) is 1.05. The molecule has 0 aliphatic carbocycles.